The van der Waals surface area contributed by atoms with E-state index in [0.29, 0.717) is 11.9 Å². The summed E-state index contributed by atoms with van der Waals surface area (Å²) in [6, 6.07) is 13.1. The molecule has 1 aliphatic heterocycles. The standard InChI is InChI=1S/C15H15ClN2O/c1-19-15-17-12-7-2-5-11-6-3-8-13(14(11)12)18(15)10-4-9-16/h2-3,5-8H,4,9-10H2,1H3. The Bertz CT molecular complexity index is 634. The largest absolute Gasteiger partial charge is 0.468 e. The van der Waals surface area contributed by atoms with Gasteiger partial charge in [-0.3, -0.25) is 4.90 Å². The number of benzene rings is 2. The van der Waals surface area contributed by atoms with Crippen LogP contribution in [0.3, 0.4) is 0 Å². The molecule has 0 unspecified atom stereocenters. The van der Waals surface area contributed by atoms with E-state index in [1.54, 1.807) is 7.11 Å². The van der Waals surface area contributed by atoms with Crippen molar-refractivity contribution in [3.8, 4) is 0 Å². The molecule has 1 aliphatic rings. The van der Waals surface area contributed by atoms with E-state index in [1.807, 2.05) is 12.1 Å². The Morgan fingerprint density at radius 3 is 2.74 bits per heavy atom. The molecule has 0 amide bonds. The number of halogens is 1. The molecule has 4 heteroatoms. The molecular weight excluding hydrogens is 260 g/mol. The molecule has 2 aromatic rings. The maximum absolute atomic E-state index is 5.81. The lowest BCUT2D eigenvalue weighted by Gasteiger charge is -2.29. The van der Waals surface area contributed by atoms with Gasteiger partial charge in [0.05, 0.1) is 18.5 Å². The number of rotatable bonds is 3. The van der Waals surface area contributed by atoms with E-state index in [4.69, 9.17) is 16.3 Å². The minimum absolute atomic E-state index is 0.630. The highest BCUT2D eigenvalue weighted by Crippen LogP contribution is 2.38. The van der Waals surface area contributed by atoms with Gasteiger partial charge in [-0.2, -0.15) is 4.99 Å². The fraction of sp³-hybridized carbons (Fsp3) is 0.267. The number of hydrogen-bond donors (Lipinski definition) is 0. The van der Waals surface area contributed by atoms with Gasteiger partial charge in [-0.1, -0.05) is 24.3 Å². The second kappa shape index (κ2) is 5.10. The third-order valence-corrected chi connectivity index (χ3v) is 3.56. The van der Waals surface area contributed by atoms with Crippen molar-refractivity contribution in [3.63, 3.8) is 0 Å². The second-order valence-electron chi connectivity index (χ2n) is 4.45. The summed E-state index contributed by atoms with van der Waals surface area (Å²) in [5.41, 5.74) is 2.11. The molecule has 0 spiro atoms. The molecule has 3 rings (SSSR count). The molecule has 0 N–H and O–H groups in total. The molecule has 19 heavy (non-hydrogen) atoms. The third kappa shape index (κ3) is 2.04. The molecule has 0 aliphatic carbocycles. The van der Waals surface area contributed by atoms with Crippen molar-refractivity contribution < 1.29 is 4.74 Å². The highest BCUT2D eigenvalue weighted by molar-refractivity contribution is 6.18. The molecule has 0 saturated carbocycles. The van der Waals surface area contributed by atoms with Crippen molar-refractivity contribution in [2.45, 2.75) is 6.42 Å². The van der Waals surface area contributed by atoms with Crippen LogP contribution < -0.4 is 4.90 Å². The van der Waals surface area contributed by atoms with Crippen LogP contribution >= 0.6 is 11.6 Å². The van der Waals surface area contributed by atoms with Crippen LogP contribution in [-0.2, 0) is 4.74 Å². The Kier molecular flexibility index (Phi) is 3.30. The first-order chi connectivity index (χ1) is 9.35. The average molecular weight is 275 g/mol. The first-order valence-corrected chi connectivity index (χ1v) is 6.86. The monoisotopic (exact) mass is 274 g/mol. The van der Waals surface area contributed by atoms with Crippen molar-refractivity contribution in [3.05, 3.63) is 36.4 Å². The van der Waals surface area contributed by atoms with E-state index in [-0.39, 0.29) is 0 Å². The van der Waals surface area contributed by atoms with Gasteiger partial charge in [0.25, 0.3) is 6.02 Å². The Balaban J connectivity index is 2.18. The number of nitrogens with zero attached hydrogens (tertiary/aromatic N) is 2. The van der Waals surface area contributed by atoms with Crippen molar-refractivity contribution in [2.75, 3.05) is 24.4 Å². The van der Waals surface area contributed by atoms with E-state index in [2.05, 4.69) is 34.2 Å². The number of ether oxygens (including phenoxy) is 1. The lowest BCUT2D eigenvalue weighted by Crippen LogP contribution is -2.34. The van der Waals surface area contributed by atoms with Gasteiger partial charge >= 0.3 is 0 Å². The van der Waals surface area contributed by atoms with Crippen LogP contribution in [0.15, 0.2) is 41.4 Å². The van der Waals surface area contributed by atoms with Crippen molar-refractivity contribution in [1.82, 2.24) is 0 Å². The lowest BCUT2D eigenvalue weighted by atomic mass is 10.0. The van der Waals surface area contributed by atoms with Crippen molar-refractivity contribution in [1.29, 1.82) is 0 Å². The molecule has 0 saturated heterocycles. The Labute approximate surface area is 117 Å². The smallest absolute Gasteiger partial charge is 0.296 e. The number of anilines is 1. The maximum atomic E-state index is 5.81. The molecule has 98 valence electrons. The zero-order valence-electron chi connectivity index (χ0n) is 10.8. The minimum atomic E-state index is 0.630. The summed E-state index contributed by atoms with van der Waals surface area (Å²) in [5, 5.41) is 2.38. The molecule has 0 atom stereocenters. The molecule has 0 radical (unpaired) electrons. The summed E-state index contributed by atoms with van der Waals surface area (Å²) >= 11 is 5.81. The first-order valence-electron chi connectivity index (χ1n) is 6.33. The molecule has 2 aromatic carbocycles. The highest BCUT2D eigenvalue weighted by Gasteiger charge is 2.22. The van der Waals surface area contributed by atoms with Gasteiger partial charge in [0.2, 0.25) is 0 Å². The third-order valence-electron chi connectivity index (χ3n) is 3.30. The summed E-state index contributed by atoms with van der Waals surface area (Å²) in [6.07, 6.45) is 0.891. The van der Waals surface area contributed by atoms with Gasteiger partial charge < -0.3 is 4.74 Å². The summed E-state index contributed by atoms with van der Waals surface area (Å²) in [4.78, 5) is 6.69. The quantitative estimate of drug-likeness (QED) is 0.793. The van der Waals surface area contributed by atoms with Crippen LogP contribution in [0.4, 0.5) is 11.4 Å². The molecule has 0 bridgehead atoms. The van der Waals surface area contributed by atoms with E-state index in [1.165, 1.54) is 10.8 Å². The van der Waals surface area contributed by atoms with E-state index in [0.717, 1.165) is 24.3 Å². The Morgan fingerprint density at radius 2 is 2.00 bits per heavy atom. The Hall–Kier alpha value is -1.74. The van der Waals surface area contributed by atoms with Gasteiger partial charge in [-0.15, -0.1) is 11.6 Å². The van der Waals surface area contributed by atoms with Crippen LogP contribution in [0.1, 0.15) is 6.42 Å². The van der Waals surface area contributed by atoms with Crippen molar-refractivity contribution in [2.24, 2.45) is 4.99 Å². The topological polar surface area (TPSA) is 24.8 Å². The van der Waals surface area contributed by atoms with Gasteiger partial charge in [-0.25, -0.2) is 0 Å². The number of alkyl halides is 1. The zero-order valence-corrected chi connectivity index (χ0v) is 11.5. The SMILES string of the molecule is COC1=Nc2cccc3cccc(c23)N1CCCCl. The highest BCUT2D eigenvalue weighted by atomic mass is 35.5. The zero-order chi connectivity index (χ0) is 13.2. The molecular formula is C15H15ClN2O. The normalized spacial score (nSPS) is 13.6. The van der Waals surface area contributed by atoms with Crippen LogP contribution in [0.5, 0.6) is 0 Å². The lowest BCUT2D eigenvalue weighted by molar-refractivity contribution is 0.390. The number of hydrogen-bond acceptors (Lipinski definition) is 3. The number of methoxy groups -OCH3 is 1. The van der Waals surface area contributed by atoms with E-state index in [9.17, 15) is 0 Å². The first kappa shape index (κ1) is 12.3. The van der Waals surface area contributed by atoms with Crippen LogP contribution in [0, 0.1) is 0 Å². The van der Waals surface area contributed by atoms with E-state index >= 15 is 0 Å². The van der Waals surface area contributed by atoms with Gasteiger partial charge in [-0.05, 0) is 23.9 Å². The fourth-order valence-corrected chi connectivity index (χ4v) is 2.60. The molecule has 0 fully saturated rings. The second-order valence-corrected chi connectivity index (χ2v) is 4.82. The van der Waals surface area contributed by atoms with Crippen molar-refractivity contribution >= 4 is 39.8 Å². The Morgan fingerprint density at radius 1 is 1.21 bits per heavy atom. The van der Waals surface area contributed by atoms with Crippen LogP contribution in [-0.4, -0.2) is 25.6 Å². The fourth-order valence-electron chi connectivity index (χ4n) is 2.48. The average Bonchev–Trinajstić information content (AvgIpc) is 2.46. The summed E-state index contributed by atoms with van der Waals surface area (Å²) in [7, 11) is 1.65. The maximum Gasteiger partial charge on any atom is 0.296 e. The number of aliphatic imine (C=N–C) groups is 1. The molecule has 3 nitrogen and oxygen atoms in total. The van der Waals surface area contributed by atoms with Gasteiger partial charge in [0, 0.05) is 17.8 Å². The predicted molar refractivity (Wildman–Crippen MR) is 80.7 cm³/mol. The summed E-state index contributed by atoms with van der Waals surface area (Å²) < 4.78 is 5.42. The molecule has 0 aromatic heterocycles. The predicted octanol–water partition coefficient (Wildman–Crippen LogP) is 3.92. The minimum Gasteiger partial charge on any atom is -0.468 e. The van der Waals surface area contributed by atoms with Gasteiger partial charge in [0.15, 0.2) is 0 Å². The van der Waals surface area contributed by atoms with Crippen LogP contribution in [0.2, 0.25) is 0 Å². The van der Waals surface area contributed by atoms with Gasteiger partial charge in [0.1, 0.15) is 0 Å². The van der Waals surface area contributed by atoms with Crippen LogP contribution in [0.25, 0.3) is 10.8 Å². The summed E-state index contributed by atoms with van der Waals surface area (Å²) in [5.74, 6) is 0.630. The van der Waals surface area contributed by atoms with E-state index < -0.39 is 0 Å². The summed E-state index contributed by atoms with van der Waals surface area (Å²) in [6.45, 7) is 0.809. The number of amidine groups is 1. The molecule has 1 heterocycles.